The van der Waals surface area contributed by atoms with Crippen LogP contribution in [0.5, 0.6) is 0 Å². The molecule has 3 nitrogen and oxygen atoms in total. The van der Waals surface area contributed by atoms with Gasteiger partial charge in [0.25, 0.3) is 0 Å². The van der Waals surface area contributed by atoms with E-state index in [1.807, 2.05) is 0 Å². The number of alkyl halides is 3. The van der Waals surface area contributed by atoms with Crippen LogP contribution in [0.25, 0.3) is 0 Å². The molecule has 0 aromatic carbocycles. The molecular weight excluding hydrogens is 195 g/mol. The summed E-state index contributed by atoms with van der Waals surface area (Å²) in [6.45, 7) is 2.35. The normalized spacial score (nSPS) is 12.1. The van der Waals surface area contributed by atoms with Crippen LogP contribution in [0, 0.1) is 0 Å². The molecule has 6 heteroatoms. The van der Waals surface area contributed by atoms with Gasteiger partial charge in [0.05, 0.1) is 0 Å². The van der Waals surface area contributed by atoms with Gasteiger partial charge in [0.15, 0.2) is 5.69 Å². The van der Waals surface area contributed by atoms with E-state index in [1.165, 1.54) is 10.9 Å². The molecule has 0 amide bonds. The van der Waals surface area contributed by atoms with Crippen LogP contribution < -0.4 is 5.73 Å². The summed E-state index contributed by atoms with van der Waals surface area (Å²) in [5.74, 6) is 0. The molecule has 0 saturated heterocycles. The Kier molecular flexibility index (Phi) is 3.15. The molecule has 1 aromatic heterocycles. The van der Waals surface area contributed by atoms with E-state index in [2.05, 4.69) is 5.10 Å². The summed E-state index contributed by atoms with van der Waals surface area (Å²) >= 11 is 0. The second-order valence-corrected chi connectivity index (χ2v) is 2.90. The standard InChI is InChI=1S/C8H12F3N3/c1-2-14-5-6(3-4-12)7(13-14)8(9,10)11/h5H,2-4,12H2,1H3. The first-order valence-corrected chi connectivity index (χ1v) is 4.32. The molecule has 2 N–H and O–H groups in total. The van der Waals surface area contributed by atoms with Gasteiger partial charge in [-0.3, -0.25) is 4.68 Å². The molecule has 0 unspecified atom stereocenters. The molecule has 0 aliphatic rings. The van der Waals surface area contributed by atoms with Crippen molar-refractivity contribution >= 4 is 0 Å². The average molecular weight is 207 g/mol. The summed E-state index contributed by atoms with van der Waals surface area (Å²) in [6, 6.07) is 0. The second-order valence-electron chi connectivity index (χ2n) is 2.90. The summed E-state index contributed by atoms with van der Waals surface area (Å²) < 4.78 is 38.5. The third-order valence-corrected chi connectivity index (χ3v) is 1.84. The fourth-order valence-corrected chi connectivity index (χ4v) is 1.20. The molecule has 0 radical (unpaired) electrons. The Morgan fingerprint density at radius 3 is 2.57 bits per heavy atom. The third-order valence-electron chi connectivity index (χ3n) is 1.84. The summed E-state index contributed by atoms with van der Waals surface area (Å²) in [5, 5.41) is 3.45. The molecule has 0 aliphatic heterocycles. The molecule has 0 saturated carbocycles. The zero-order chi connectivity index (χ0) is 10.8. The minimum Gasteiger partial charge on any atom is -0.330 e. The molecule has 1 rings (SSSR count). The van der Waals surface area contributed by atoms with Crippen molar-refractivity contribution in [1.29, 1.82) is 0 Å². The number of aryl methyl sites for hydroxylation is 1. The number of nitrogens with two attached hydrogens (primary N) is 1. The van der Waals surface area contributed by atoms with Crippen LogP contribution in [0.15, 0.2) is 6.20 Å². The molecule has 1 aromatic rings. The Bertz CT molecular complexity index is 303. The first kappa shape index (κ1) is 11.0. The lowest BCUT2D eigenvalue weighted by atomic mass is 10.2. The maximum absolute atomic E-state index is 12.4. The lowest BCUT2D eigenvalue weighted by Gasteiger charge is -2.04. The summed E-state index contributed by atoms with van der Waals surface area (Å²) in [6.07, 6.45) is -2.78. The van der Waals surface area contributed by atoms with Crippen LogP contribution in [0.4, 0.5) is 13.2 Å². The number of aromatic nitrogens is 2. The van der Waals surface area contributed by atoms with Crippen LogP contribution in [0.2, 0.25) is 0 Å². The molecule has 80 valence electrons. The van der Waals surface area contributed by atoms with Crippen molar-refractivity contribution in [3.05, 3.63) is 17.5 Å². The highest BCUT2D eigenvalue weighted by Gasteiger charge is 2.36. The van der Waals surface area contributed by atoms with Crippen molar-refractivity contribution < 1.29 is 13.2 Å². The van der Waals surface area contributed by atoms with Crippen molar-refractivity contribution in [2.45, 2.75) is 26.1 Å². The van der Waals surface area contributed by atoms with E-state index in [0.29, 0.717) is 6.54 Å². The summed E-state index contributed by atoms with van der Waals surface area (Å²) in [5.41, 5.74) is 4.57. The SMILES string of the molecule is CCn1cc(CCN)c(C(F)(F)F)n1. The van der Waals surface area contributed by atoms with E-state index >= 15 is 0 Å². The van der Waals surface area contributed by atoms with Crippen LogP contribution in [-0.4, -0.2) is 16.3 Å². The van der Waals surface area contributed by atoms with Crippen LogP contribution in [-0.2, 0) is 19.1 Å². The smallest absolute Gasteiger partial charge is 0.330 e. The zero-order valence-corrected chi connectivity index (χ0v) is 7.80. The first-order valence-electron chi connectivity index (χ1n) is 4.32. The molecule has 0 atom stereocenters. The quantitative estimate of drug-likeness (QED) is 0.814. The molecule has 14 heavy (non-hydrogen) atoms. The zero-order valence-electron chi connectivity index (χ0n) is 7.80. The van der Waals surface area contributed by atoms with Crippen molar-refractivity contribution in [2.24, 2.45) is 5.73 Å². The fraction of sp³-hybridized carbons (Fsp3) is 0.625. The minimum absolute atomic E-state index is 0.168. The highest BCUT2D eigenvalue weighted by Crippen LogP contribution is 2.30. The van der Waals surface area contributed by atoms with Crippen molar-refractivity contribution in [2.75, 3.05) is 6.54 Å². The predicted molar refractivity (Wildman–Crippen MR) is 45.7 cm³/mol. The van der Waals surface area contributed by atoms with E-state index in [9.17, 15) is 13.2 Å². The second kappa shape index (κ2) is 4.00. The Hall–Kier alpha value is -1.04. The van der Waals surface area contributed by atoms with Gasteiger partial charge in [-0.2, -0.15) is 18.3 Å². The maximum Gasteiger partial charge on any atom is 0.435 e. The Balaban J connectivity index is 3.06. The third kappa shape index (κ3) is 2.25. The topological polar surface area (TPSA) is 43.8 Å². The van der Waals surface area contributed by atoms with E-state index < -0.39 is 11.9 Å². The van der Waals surface area contributed by atoms with Gasteiger partial charge in [0.1, 0.15) is 0 Å². The van der Waals surface area contributed by atoms with E-state index in [-0.39, 0.29) is 18.5 Å². The minimum atomic E-state index is -4.38. The molecule has 0 bridgehead atoms. The number of hydrogen-bond donors (Lipinski definition) is 1. The lowest BCUT2D eigenvalue weighted by molar-refractivity contribution is -0.142. The maximum atomic E-state index is 12.4. The van der Waals surface area contributed by atoms with E-state index in [4.69, 9.17) is 5.73 Å². The number of nitrogens with zero attached hydrogens (tertiary/aromatic N) is 2. The Morgan fingerprint density at radius 1 is 1.50 bits per heavy atom. The molecule has 0 spiro atoms. The predicted octanol–water partition coefficient (Wildman–Crippen LogP) is 1.42. The van der Waals surface area contributed by atoms with Crippen LogP contribution in [0.3, 0.4) is 0 Å². The summed E-state index contributed by atoms with van der Waals surface area (Å²) in [7, 11) is 0. The van der Waals surface area contributed by atoms with Crippen LogP contribution >= 0.6 is 0 Å². The average Bonchev–Trinajstić information content (AvgIpc) is 2.48. The van der Waals surface area contributed by atoms with Gasteiger partial charge in [-0.1, -0.05) is 0 Å². The van der Waals surface area contributed by atoms with E-state index in [0.717, 1.165) is 0 Å². The van der Waals surface area contributed by atoms with Gasteiger partial charge in [0, 0.05) is 18.3 Å². The molecule has 0 fully saturated rings. The largest absolute Gasteiger partial charge is 0.435 e. The number of hydrogen-bond acceptors (Lipinski definition) is 2. The molecule has 0 aliphatic carbocycles. The van der Waals surface area contributed by atoms with Crippen molar-refractivity contribution in [3.63, 3.8) is 0 Å². The highest BCUT2D eigenvalue weighted by atomic mass is 19.4. The van der Waals surface area contributed by atoms with Gasteiger partial charge in [-0.05, 0) is 19.9 Å². The van der Waals surface area contributed by atoms with E-state index in [1.54, 1.807) is 6.92 Å². The van der Waals surface area contributed by atoms with Gasteiger partial charge in [-0.25, -0.2) is 0 Å². The monoisotopic (exact) mass is 207 g/mol. The van der Waals surface area contributed by atoms with Gasteiger partial charge in [-0.15, -0.1) is 0 Å². The van der Waals surface area contributed by atoms with Gasteiger partial charge in [0.2, 0.25) is 0 Å². The lowest BCUT2D eigenvalue weighted by Crippen LogP contribution is -2.12. The van der Waals surface area contributed by atoms with Gasteiger partial charge >= 0.3 is 6.18 Å². The highest BCUT2D eigenvalue weighted by molar-refractivity contribution is 5.20. The Morgan fingerprint density at radius 2 is 2.14 bits per heavy atom. The van der Waals surface area contributed by atoms with Gasteiger partial charge < -0.3 is 5.73 Å². The number of rotatable bonds is 3. The first-order chi connectivity index (χ1) is 6.49. The van der Waals surface area contributed by atoms with Crippen LogP contribution in [0.1, 0.15) is 18.2 Å². The molecular formula is C8H12F3N3. The van der Waals surface area contributed by atoms with Crippen molar-refractivity contribution in [3.8, 4) is 0 Å². The number of halogens is 3. The van der Waals surface area contributed by atoms with Crippen molar-refractivity contribution in [1.82, 2.24) is 9.78 Å². The Labute approximate surface area is 79.7 Å². The fourth-order valence-electron chi connectivity index (χ4n) is 1.20. The molecule has 1 heterocycles. The summed E-state index contributed by atoms with van der Waals surface area (Å²) in [4.78, 5) is 0.